The summed E-state index contributed by atoms with van der Waals surface area (Å²) in [5.41, 5.74) is 1.18. The minimum Gasteiger partial charge on any atom is -0.478 e. The number of carbonyl (C=O) groups excluding carboxylic acids is 1. The van der Waals surface area contributed by atoms with Crippen molar-refractivity contribution in [3.63, 3.8) is 0 Å². The Morgan fingerprint density at radius 2 is 1.95 bits per heavy atom. The number of rotatable bonds is 2. The van der Waals surface area contributed by atoms with Crippen LogP contribution in [-0.2, 0) is 10.8 Å². The van der Waals surface area contributed by atoms with Gasteiger partial charge in [-0.05, 0) is 24.6 Å². The van der Waals surface area contributed by atoms with Gasteiger partial charge < -0.3 is 15.3 Å². The maximum atomic E-state index is 12.1. The average molecular weight is 296 g/mol. The van der Waals surface area contributed by atoms with Crippen LogP contribution < -0.4 is 5.32 Å². The van der Waals surface area contributed by atoms with Crippen molar-refractivity contribution >= 4 is 28.5 Å². The largest absolute Gasteiger partial charge is 0.478 e. The van der Waals surface area contributed by atoms with Crippen molar-refractivity contribution in [2.45, 2.75) is 6.92 Å². The van der Waals surface area contributed by atoms with Crippen molar-refractivity contribution < 1.29 is 18.9 Å². The number of nitrogens with one attached hydrogen (secondary N) is 1. The van der Waals surface area contributed by atoms with E-state index in [2.05, 4.69) is 5.32 Å². The van der Waals surface area contributed by atoms with E-state index in [0.717, 1.165) is 0 Å². The highest BCUT2D eigenvalue weighted by atomic mass is 32.2. The van der Waals surface area contributed by atoms with Crippen LogP contribution in [0.25, 0.3) is 0 Å². The molecule has 0 aromatic heterocycles. The van der Waals surface area contributed by atoms with Crippen molar-refractivity contribution in [3.05, 3.63) is 29.3 Å². The normalized spacial score (nSPS) is 15.9. The summed E-state index contributed by atoms with van der Waals surface area (Å²) in [5, 5.41) is 11.8. The zero-order valence-electron chi connectivity index (χ0n) is 11.1. The van der Waals surface area contributed by atoms with Crippen LogP contribution in [-0.4, -0.2) is 50.8 Å². The minimum atomic E-state index is -1.02. The lowest BCUT2D eigenvalue weighted by molar-refractivity contribution is 0.0696. The third kappa shape index (κ3) is 3.16. The highest BCUT2D eigenvalue weighted by Gasteiger charge is 2.21. The van der Waals surface area contributed by atoms with Crippen molar-refractivity contribution in [3.8, 4) is 0 Å². The van der Waals surface area contributed by atoms with E-state index in [1.54, 1.807) is 24.0 Å². The number of hydrogen-bond donors (Lipinski definition) is 2. The van der Waals surface area contributed by atoms with Gasteiger partial charge in [-0.1, -0.05) is 6.07 Å². The van der Waals surface area contributed by atoms with Crippen molar-refractivity contribution in [2.24, 2.45) is 0 Å². The summed E-state index contributed by atoms with van der Waals surface area (Å²) in [7, 11) is -0.838. The van der Waals surface area contributed by atoms with Crippen LogP contribution in [0.2, 0.25) is 0 Å². The molecule has 1 heterocycles. The van der Waals surface area contributed by atoms with Crippen LogP contribution in [0.5, 0.6) is 0 Å². The summed E-state index contributed by atoms with van der Waals surface area (Å²) in [6, 6.07) is 4.48. The first-order chi connectivity index (χ1) is 9.49. The highest BCUT2D eigenvalue weighted by molar-refractivity contribution is 7.85. The second-order valence-electron chi connectivity index (χ2n) is 4.55. The molecule has 1 aliphatic rings. The number of aromatic carboxylic acids is 1. The van der Waals surface area contributed by atoms with Crippen LogP contribution in [0.4, 0.5) is 10.5 Å². The molecule has 1 aliphatic heterocycles. The standard InChI is InChI=1S/C13H16N2O4S/c1-9-10(12(16)17)3-2-4-11(9)14-13(18)15-5-7-20(19)8-6-15/h2-4H,5-8H2,1H3,(H,14,18)(H,16,17). The topological polar surface area (TPSA) is 86.7 Å². The first kappa shape index (κ1) is 14.5. The van der Waals surface area contributed by atoms with Gasteiger partial charge in [-0.25, -0.2) is 9.59 Å². The molecule has 0 radical (unpaired) electrons. The van der Waals surface area contributed by atoms with E-state index in [9.17, 15) is 13.8 Å². The quantitative estimate of drug-likeness (QED) is 0.861. The number of hydrogen-bond acceptors (Lipinski definition) is 3. The summed E-state index contributed by atoms with van der Waals surface area (Å²) < 4.78 is 11.3. The van der Waals surface area contributed by atoms with Crippen LogP contribution >= 0.6 is 0 Å². The summed E-state index contributed by atoms with van der Waals surface area (Å²) in [6.45, 7) is 2.57. The van der Waals surface area contributed by atoms with Crippen LogP contribution in [0.1, 0.15) is 15.9 Å². The molecule has 2 amide bonds. The van der Waals surface area contributed by atoms with Gasteiger partial charge in [0.2, 0.25) is 0 Å². The van der Waals surface area contributed by atoms with Gasteiger partial charge in [-0.2, -0.15) is 0 Å². The fourth-order valence-electron chi connectivity index (χ4n) is 2.04. The van der Waals surface area contributed by atoms with Gasteiger partial charge in [0.15, 0.2) is 0 Å². The maximum Gasteiger partial charge on any atom is 0.336 e. The van der Waals surface area contributed by atoms with E-state index in [4.69, 9.17) is 5.11 Å². The summed E-state index contributed by atoms with van der Waals surface area (Å²) >= 11 is 0. The first-order valence-corrected chi connectivity index (χ1v) is 7.71. The van der Waals surface area contributed by atoms with Gasteiger partial charge in [0, 0.05) is 41.1 Å². The average Bonchev–Trinajstić information content (AvgIpc) is 2.41. The molecule has 2 N–H and O–H groups in total. The Morgan fingerprint density at radius 1 is 1.30 bits per heavy atom. The molecule has 1 saturated heterocycles. The van der Waals surface area contributed by atoms with Crippen LogP contribution in [0.15, 0.2) is 18.2 Å². The van der Waals surface area contributed by atoms with Crippen molar-refractivity contribution in [1.29, 1.82) is 0 Å². The van der Waals surface area contributed by atoms with E-state index >= 15 is 0 Å². The van der Waals surface area contributed by atoms with E-state index < -0.39 is 16.8 Å². The lowest BCUT2D eigenvalue weighted by Gasteiger charge is -2.26. The summed E-state index contributed by atoms with van der Waals surface area (Å²) in [6.07, 6.45) is 0. The molecule has 1 aromatic rings. The predicted octanol–water partition coefficient (Wildman–Crippen LogP) is 1.29. The lowest BCUT2D eigenvalue weighted by Crippen LogP contribution is -2.44. The third-order valence-corrected chi connectivity index (χ3v) is 4.55. The Morgan fingerprint density at radius 3 is 2.55 bits per heavy atom. The zero-order chi connectivity index (χ0) is 14.7. The molecular weight excluding hydrogens is 280 g/mol. The van der Waals surface area contributed by atoms with Gasteiger partial charge in [0.05, 0.1) is 5.56 Å². The molecule has 2 rings (SSSR count). The molecule has 1 fully saturated rings. The molecule has 6 nitrogen and oxygen atoms in total. The van der Waals surface area contributed by atoms with E-state index in [1.165, 1.54) is 6.07 Å². The zero-order valence-corrected chi connectivity index (χ0v) is 11.9. The predicted molar refractivity (Wildman–Crippen MR) is 76.6 cm³/mol. The Kier molecular flexibility index (Phi) is 4.39. The fraction of sp³-hybridized carbons (Fsp3) is 0.385. The molecule has 0 atom stereocenters. The first-order valence-electron chi connectivity index (χ1n) is 6.23. The second kappa shape index (κ2) is 6.04. The lowest BCUT2D eigenvalue weighted by atomic mass is 10.1. The van der Waals surface area contributed by atoms with Gasteiger partial charge in [0.25, 0.3) is 0 Å². The maximum absolute atomic E-state index is 12.1. The minimum absolute atomic E-state index is 0.169. The van der Waals surface area contributed by atoms with E-state index in [1.807, 2.05) is 0 Å². The molecule has 7 heteroatoms. The fourth-order valence-corrected chi connectivity index (χ4v) is 3.09. The number of anilines is 1. The molecule has 0 unspecified atom stereocenters. The smallest absolute Gasteiger partial charge is 0.336 e. The Balaban J connectivity index is 2.10. The SMILES string of the molecule is Cc1c(NC(=O)N2CCS(=O)CC2)cccc1C(=O)O. The monoisotopic (exact) mass is 296 g/mol. The molecule has 0 spiro atoms. The number of benzene rings is 1. The van der Waals surface area contributed by atoms with E-state index in [-0.39, 0.29) is 11.6 Å². The van der Waals surface area contributed by atoms with Crippen LogP contribution in [0.3, 0.4) is 0 Å². The number of carbonyl (C=O) groups is 2. The molecule has 108 valence electrons. The second-order valence-corrected chi connectivity index (χ2v) is 6.24. The summed E-state index contributed by atoms with van der Waals surface area (Å²) in [4.78, 5) is 24.7. The van der Waals surface area contributed by atoms with Crippen molar-refractivity contribution in [1.82, 2.24) is 4.90 Å². The van der Waals surface area contributed by atoms with E-state index in [0.29, 0.717) is 35.8 Å². The number of urea groups is 1. The molecule has 1 aromatic carbocycles. The van der Waals surface area contributed by atoms with Crippen molar-refractivity contribution in [2.75, 3.05) is 29.9 Å². The van der Waals surface area contributed by atoms with Gasteiger partial charge in [0.1, 0.15) is 0 Å². The third-order valence-electron chi connectivity index (χ3n) is 3.27. The molecule has 0 saturated carbocycles. The number of nitrogens with zero attached hydrogens (tertiary/aromatic N) is 1. The van der Waals surface area contributed by atoms with Gasteiger partial charge in [-0.3, -0.25) is 4.21 Å². The molecule has 0 aliphatic carbocycles. The Hall–Kier alpha value is -1.89. The highest BCUT2D eigenvalue weighted by Crippen LogP contribution is 2.19. The number of carboxylic acid groups (broad SMARTS) is 1. The Bertz CT molecular complexity index is 563. The number of amides is 2. The number of carboxylic acids is 1. The van der Waals surface area contributed by atoms with Crippen LogP contribution in [0, 0.1) is 6.92 Å². The van der Waals surface area contributed by atoms with Gasteiger partial charge >= 0.3 is 12.0 Å². The molecular formula is C13H16N2O4S. The van der Waals surface area contributed by atoms with Gasteiger partial charge in [-0.15, -0.1) is 0 Å². The Labute approximate surface area is 119 Å². The molecule has 20 heavy (non-hydrogen) atoms. The molecule has 0 bridgehead atoms. The summed E-state index contributed by atoms with van der Waals surface area (Å²) in [5.74, 6) is -0.0460.